The van der Waals surface area contributed by atoms with E-state index in [1.54, 1.807) is 0 Å². The summed E-state index contributed by atoms with van der Waals surface area (Å²) in [4.78, 5) is 1.33. The molecule has 2 heteroatoms. The van der Waals surface area contributed by atoms with Gasteiger partial charge in [0, 0.05) is 16.5 Å². The summed E-state index contributed by atoms with van der Waals surface area (Å²) in [6, 6.07) is 15.1. The van der Waals surface area contributed by atoms with Gasteiger partial charge in [-0.3, -0.25) is 0 Å². The lowest BCUT2D eigenvalue weighted by Crippen LogP contribution is -1.98. The molecule has 0 aliphatic heterocycles. The molecule has 0 radical (unpaired) electrons. The van der Waals surface area contributed by atoms with Crippen LogP contribution >= 0.6 is 23.4 Å². The van der Waals surface area contributed by atoms with E-state index >= 15 is 0 Å². The average molecular weight is 251 g/mol. The van der Waals surface area contributed by atoms with Gasteiger partial charge >= 0.3 is 0 Å². The van der Waals surface area contributed by atoms with E-state index in [0.29, 0.717) is 5.92 Å². The van der Waals surface area contributed by atoms with Crippen molar-refractivity contribution in [1.82, 2.24) is 0 Å². The van der Waals surface area contributed by atoms with Crippen LogP contribution in [0.5, 0.6) is 0 Å². The molecule has 0 amide bonds. The van der Waals surface area contributed by atoms with E-state index < -0.39 is 0 Å². The van der Waals surface area contributed by atoms with Crippen molar-refractivity contribution in [2.45, 2.75) is 11.8 Å². The van der Waals surface area contributed by atoms with Crippen molar-refractivity contribution in [2.24, 2.45) is 5.92 Å². The van der Waals surface area contributed by atoms with Crippen molar-refractivity contribution in [3.63, 3.8) is 0 Å². The van der Waals surface area contributed by atoms with E-state index in [9.17, 15) is 0 Å². The Morgan fingerprint density at radius 2 is 1.88 bits per heavy atom. The number of fused-ring (bicyclic) bond motifs is 1. The monoisotopic (exact) mass is 250 g/mol. The first kappa shape index (κ1) is 11.8. The number of rotatable bonds is 4. The molecule has 0 aliphatic carbocycles. The van der Waals surface area contributed by atoms with E-state index in [1.165, 1.54) is 15.7 Å². The molecule has 0 saturated carbocycles. The van der Waals surface area contributed by atoms with Crippen LogP contribution in [-0.4, -0.2) is 11.6 Å². The van der Waals surface area contributed by atoms with Crippen LogP contribution in [0, 0.1) is 5.92 Å². The first-order chi connectivity index (χ1) is 7.79. The van der Waals surface area contributed by atoms with Crippen LogP contribution in [0.2, 0.25) is 0 Å². The van der Waals surface area contributed by atoms with Crippen LogP contribution in [0.4, 0.5) is 0 Å². The maximum Gasteiger partial charge on any atom is 0.0257 e. The Kier molecular flexibility index (Phi) is 4.14. The van der Waals surface area contributed by atoms with Gasteiger partial charge in [-0.2, -0.15) is 0 Å². The Hall–Kier alpha value is -0.660. The predicted molar refractivity (Wildman–Crippen MR) is 74.6 cm³/mol. The summed E-state index contributed by atoms with van der Waals surface area (Å²) in [6.45, 7) is 2.18. The van der Waals surface area contributed by atoms with Gasteiger partial charge in [0.15, 0.2) is 0 Å². The topological polar surface area (TPSA) is 0 Å². The van der Waals surface area contributed by atoms with E-state index in [-0.39, 0.29) is 0 Å². The SMILES string of the molecule is CC(CCl)CSc1ccc2ccccc2c1. The fraction of sp³-hybridized carbons (Fsp3) is 0.286. The minimum Gasteiger partial charge on any atom is -0.126 e. The highest BCUT2D eigenvalue weighted by atomic mass is 35.5. The third kappa shape index (κ3) is 2.93. The van der Waals surface area contributed by atoms with Gasteiger partial charge in [-0.05, 0) is 28.8 Å². The lowest BCUT2D eigenvalue weighted by Gasteiger charge is -2.07. The van der Waals surface area contributed by atoms with E-state index in [1.807, 2.05) is 11.8 Å². The second kappa shape index (κ2) is 5.60. The van der Waals surface area contributed by atoms with Gasteiger partial charge in [0.2, 0.25) is 0 Å². The molecule has 0 saturated heterocycles. The first-order valence-corrected chi connectivity index (χ1v) is 6.99. The van der Waals surface area contributed by atoms with Crippen molar-refractivity contribution < 1.29 is 0 Å². The molecule has 2 aromatic rings. The minimum absolute atomic E-state index is 0.568. The molecule has 84 valence electrons. The standard InChI is InChI=1S/C14H15ClS/c1-11(9-15)10-16-14-7-6-12-4-2-3-5-13(12)8-14/h2-8,11H,9-10H2,1H3. The smallest absolute Gasteiger partial charge is 0.0257 e. The van der Waals surface area contributed by atoms with Crippen molar-refractivity contribution >= 4 is 34.1 Å². The summed E-state index contributed by atoms with van der Waals surface area (Å²) in [5, 5.41) is 2.61. The number of alkyl halides is 1. The summed E-state index contributed by atoms with van der Waals surface area (Å²) in [6.07, 6.45) is 0. The van der Waals surface area contributed by atoms with Crippen LogP contribution in [0.25, 0.3) is 10.8 Å². The molecule has 16 heavy (non-hydrogen) atoms. The third-order valence-electron chi connectivity index (χ3n) is 2.52. The molecule has 2 aromatic carbocycles. The largest absolute Gasteiger partial charge is 0.126 e. The molecule has 0 bridgehead atoms. The van der Waals surface area contributed by atoms with E-state index in [2.05, 4.69) is 49.4 Å². The van der Waals surface area contributed by atoms with Gasteiger partial charge in [-0.1, -0.05) is 37.3 Å². The molecule has 0 fully saturated rings. The fourth-order valence-electron chi connectivity index (χ4n) is 1.54. The molecule has 0 aliphatic rings. The second-order valence-electron chi connectivity index (χ2n) is 4.08. The van der Waals surface area contributed by atoms with Crippen LogP contribution in [0.15, 0.2) is 47.4 Å². The summed E-state index contributed by atoms with van der Waals surface area (Å²) < 4.78 is 0. The first-order valence-electron chi connectivity index (χ1n) is 5.47. The number of hydrogen-bond donors (Lipinski definition) is 0. The number of hydrogen-bond acceptors (Lipinski definition) is 1. The Bertz CT molecular complexity index is 467. The molecular weight excluding hydrogens is 236 g/mol. The van der Waals surface area contributed by atoms with Crippen LogP contribution in [0.3, 0.4) is 0 Å². The minimum atomic E-state index is 0.568. The van der Waals surface area contributed by atoms with Crippen LogP contribution in [-0.2, 0) is 0 Å². The van der Waals surface area contributed by atoms with Crippen LogP contribution < -0.4 is 0 Å². The molecule has 1 unspecified atom stereocenters. The molecule has 0 N–H and O–H groups in total. The lowest BCUT2D eigenvalue weighted by atomic mass is 10.1. The van der Waals surface area contributed by atoms with Crippen molar-refractivity contribution in [3.8, 4) is 0 Å². The Morgan fingerprint density at radius 1 is 1.12 bits per heavy atom. The van der Waals surface area contributed by atoms with Gasteiger partial charge in [0.05, 0.1) is 0 Å². The number of benzene rings is 2. The van der Waals surface area contributed by atoms with E-state index in [0.717, 1.165) is 11.6 Å². The molecule has 0 aromatic heterocycles. The van der Waals surface area contributed by atoms with Crippen molar-refractivity contribution in [2.75, 3.05) is 11.6 Å². The lowest BCUT2D eigenvalue weighted by molar-refractivity contribution is 0.759. The van der Waals surface area contributed by atoms with Gasteiger partial charge in [0.1, 0.15) is 0 Å². The Morgan fingerprint density at radius 3 is 2.62 bits per heavy atom. The molecule has 0 heterocycles. The van der Waals surface area contributed by atoms with Crippen LogP contribution in [0.1, 0.15) is 6.92 Å². The molecule has 2 rings (SSSR count). The third-order valence-corrected chi connectivity index (χ3v) is 4.37. The second-order valence-corrected chi connectivity index (χ2v) is 5.48. The quantitative estimate of drug-likeness (QED) is 0.555. The highest BCUT2D eigenvalue weighted by Crippen LogP contribution is 2.25. The highest BCUT2D eigenvalue weighted by molar-refractivity contribution is 7.99. The maximum absolute atomic E-state index is 5.80. The zero-order valence-electron chi connectivity index (χ0n) is 9.32. The van der Waals surface area contributed by atoms with Crippen molar-refractivity contribution in [3.05, 3.63) is 42.5 Å². The average Bonchev–Trinajstić information content (AvgIpc) is 2.35. The van der Waals surface area contributed by atoms with E-state index in [4.69, 9.17) is 11.6 Å². The Balaban J connectivity index is 2.13. The molecule has 0 nitrogen and oxygen atoms in total. The highest BCUT2D eigenvalue weighted by Gasteiger charge is 2.02. The van der Waals surface area contributed by atoms with Gasteiger partial charge in [0.25, 0.3) is 0 Å². The van der Waals surface area contributed by atoms with Gasteiger partial charge in [-0.15, -0.1) is 23.4 Å². The predicted octanol–water partition coefficient (Wildman–Crippen LogP) is 4.81. The normalized spacial score (nSPS) is 12.9. The molecular formula is C14H15ClS. The van der Waals surface area contributed by atoms with Crippen molar-refractivity contribution in [1.29, 1.82) is 0 Å². The Labute approximate surface area is 106 Å². The summed E-state index contributed by atoms with van der Waals surface area (Å²) in [7, 11) is 0. The number of thioether (sulfide) groups is 1. The molecule has 0 spiro atoms. The summed E-state index contributed by atoms with van der Waals surface area (Å²) >= 11 is 7.68. The number of halogens is 1. The summed E-state index contributed by atoms with van der Waals surface area (Å²) in [5.74, 6) is 2.39. The maximum atomic E-state index is 5.80. The zero-order valence-corrected chi connectivity index (χ0v) is 10.9. The fourth-order valence-corrected chi connectivity index (χ4v) is 2.75. The molecule has 1 atom stereocenters. The summed E-state index contributed by atoms with van der Waals surface area (Å²) in [5.41, 5.74) is 0. The zero-order chi connectivity index (χ0) is 11.4. The van der Waals surface area contributed by atoms with Gasteiger partial charge in [-0.25, -0.2) is 0 Å². The van der Waals surface area contributed by atoms with Gasteiger partial charge < -0.3 is 0 Å².